The van der Waals surface area contributed by atoms with E-state index in [9.17, 15) is 9.59 Å². The van der Waals surface area contributed by atoms with Crippen molar-refractivity contribution < 1.29 is 9.21 Å². The third-order valence-electron chi connectivity index (χ3n) is 1.86. The second kappa shape index (κ2) is 3.42. The second-order valence-electron chi connectivity index (χ2n) is 2.78. The molecule has 5 heteroatoms. The lowest BCUT2D eigenvalue weighted by atomic mass is 10.1. The van der Waals surface area contributed by atoms with Gasteiger partial charge >= 0.3 is 5.76 Å². The maximum absolute atomic E-state index is 11.3. The fourth-order valence-corrected chi connectivity index (χ4v) is 1.52. The van der Waals surface area contributed by atoms with Gasteiger partial charge in [0, 0.05) is 5.56 Å². The van der Waals surface area contributed by atoms with Crippen LogP contribution in [0, 0.1) is 0 Å². The van der Waals surface area contributed by atoms with Crippen LogP contribution in [0.4, 0.5) is 0 Å². The highest BCUT2D eigenvalue weighted by Crippen LogP contribution is 2.13. The summed E-state index contributed by atoms with van der Waals surface area (Å²) in [5, 5.41) is 0.257. The molecule has 0 amide bonds. The summed E-state index contributed by atoms with van der Waals surface area (Å²) in [7, 11) is 0. The summed E-state index contributed by atoms with van der Waals surface area (Å²) in [5.41, 5.74) is 1.53. The molecule has 14 heavy (non-hydrogen) atoms. The Morgan fingerprint density at radius 3 is 3.00 bits per heavy atom. The Labute approximate surface area is 87.0 Å². The van der Waals surface area contributed by atoms with E-state index in [1.165, 1.54) is 0 Å². The van der Waals surface area contributed by atoms with Crippen molar-refractivity contribution in [1.82, 2.24) is 4.98 Å². The molecule has 0 radical (unpaired) electrons. The van der Waals surface area contributed by atoms with Crippen molar-refractivity contribution in [3.63, 3.8) is 0 Å². The van der Waals surface area contributed by atoms with E-state index in [0.717, 1.165) is 0 Å². The molecule has 1 heterocycles. The Morgan fingerprint density at radius 2 is 2.29 bits per heavy atom. The average Bonchev–Trinajstić information content (AvgIpc) is 2.55. The van der Waals surface area contributed by atoms with Gasteiger partial charge in [0.1, 0.15) is 0 Å². The molecule has 0 spiro atoms. The second-order valence-corrected chi connectivity index (χ2v) is 3.34. The van der Waals surface area contributed by atoms with Crippen molar-refractivity contribution in [3.8, 4) is 0 Å². The van der Waals surface area contributed by atoms with Crippen LogP contribution in [0.25, 0.3) is 11.1 Å². The molecule has 0 aliphatic heterocycles. The van der Waals surface area contributed by atoms with E-state index in [1.54, 1.807) is 18.2 Å². The zero-order valence-corrected chi connectivity index (χ0v) is 8.63. The van der Waals surface area contributed by atoms with E-state index >= 15 is 0 Å². The predicted molar refractivity (Wildman–Crippen MR) is 55.0 cm³/mol. The van der Waals surface area contributed by atoms with E-state index in [2.05, 4.69) is 20.9 Å². The lowest BCUT2D eigenvalue weighted by Gasteiger charge is -1.94. The summed E-state index contributed by atoms with van der Waals surface area (Å²) in [5.74, 6) is -0.556. The number of carbonyl (C=O) groups is 1. The quantitative estimate of drug-likeness (QED) is 0.657. The summed E-state index contributed by atoms with van der Waals surface area (Å²) in [6, 6.07) is 4.85. The van der Waals surface area contributed by atoms with Crippen molar-refractivity contribution in [2.24, 2.45) is 0 Å². The van der Waals surface area contributed by atoms with Crippen LogP contribution in [-0.2, 0) is 0 Å². The van der Waals surface area contributed by atoms with Gasteiger partial charge in [-0.3, -0.25) is 9.78 Å². The Morgan fingerprint density at radius 1 is 1.50 bits per heavy atom. The van der Waals surface area contributed by atoms with E-state index in [-0.39, 0.29) is 11.1 Å². The molecule has 0 saturated heterocycles. The summed E-state index contributed by atoms with van der Waals surface area (Å²) in [6.45, 7) is 0. The number of H-pyrrole nitrogens is 1. The van der Waals surface area contributed by atoms with Gasteiger partial charge in [0.25, 0.3) is 0 Å². The van der Waals surface area contributed by atoms with Gasteiger partial charge in [-0.2, -0.15) is 0 Å². The fourth-order valence-electron chi connectivity index (χ4n) is 1.20. The van der Waals surface area contributed by atoms with Crippen LogP contribution in [0.2, 0.25) is 0 Å². The zero-order chi connectivity index (χ0) is 10.1. The number of nitrogens with one attached hydrogen (secondary N) is 1. The molecule has 72 valence electrons. The third kappa shape index (κ3) is 1.50. The topological polar surface area (TPSA) is 63.1 Å². The fraction of sp³-hybridized carbons (Fsp3) is 0.111. The SMILES string of the molecule is O=C(CBr)c1ccc2[nH]c(=O)oc2c1. The molecule has 0 aliphatic carbocycles. The molecular weight excluding hydrogens is 250 g/mol. The highest BCUT2D eigenvalue weighted by atomic mass is 79.9. The van der Waals surface area contributed by atoms with Crippen LogP contribution in [-0.4, -0.2) is 16.1 Å². The van der Waals surface area contributed by atoms with Gasteiger partial charge in [-0.15, -0.1) is 0 Å². The molecule has 4 nitrogen and oxygen atoms in total. The van der Waals surface area contributed by atoms with Crippen molar-refractivity contribution in [3.05, 3.63) is 34.3 Å². The summed E-state index contributed by atoms with van der Waals surface area (Å²) < 4.78 is 4.82. The number of benzene rings is 1. The molecule has 0 saturated carbocycles. The molecule has 0 bridgehead atoms. The zero-order valence-electron chi connectivity index (χ0n) is 7.04. The number of rotatable bonds is 2. The number of alkyl halides is 1. The van der Waals surface area contributed by atoms with Crippen LogP contribution in [0.15, 0.2) is 27.4 Å². The summed E-state index contributed by atoms with van der Waals surface area (Å²) in [6.07, 6.45) is 0. The molecule has 2 rings (SSSR count). The van der Waals surface area contributed by atoms with Crippen LogP contribution < -0.4 is 5.76 Å². The van der Waals surface area contributed by atoms with Crippen LogP contribution in [0.1, 0.15) is 10.4 Å². The Kier molecular flexibility index (Phi) is 2.25. The summed E-state index contributed by atoms with van der Waals surface area (Å²) >= 11 is 3.07. The minimum Gasteiger partial charge on any atom is -0.408 e. The number of aromatic amines is 1. The average molecular weight is 256 g/mol. The monoisotopic (exact) mass is 255 g/mol. The van der Waals surface area contributed by atoms with Gasteiger partial charge < -0.3 is 4.42 Å². The maximum atomic E-state index is 11.3. The van der Waals surface area contributed by atoms with Crippen LogP contribution in [0.3, 0.4) is 0 Å². The molecule has 2 aromatic rings. The van der Waals surface area contributed by atoms with E-state index < -0.39 is 5.76 Å². The number of oxazole rings is 1. The third-order valence-corrected chi connectivity index (χ3v) is 2.37. The first-order valence-electron chi connectivity index (χ1n) is 3.93. The minimum atomic E-state index is -0.511. The molecule has 0 unspecified atom stereocenters. The first kappa shape index (κ1) is 9.21. The number of Topliss-reactive ketones (excluding diaryl/α,β-unsaturated/α-hetero) is 1. The summed E-state index contributed by atoms with van der Waals surface area (Å²) in [4.78, 5) is 24.6. The number of halogens is 1. The van der Waals surface area contributed by atoms with Crippen molar-refractivity contribution >= 4 is 32.8 Å². The normalized spacial score (nSPS) is 10.6. The molecule has 0 fully saturated rings. The number of fused-ring (bicyclic) bond motifs is 1. The smallest absolute Gasteiger partial charge is 0.408 e. The van der Waals surface area contributed by atoms with Gasteiger partial charge in [-0.05, 0) is 18.2 Å². The van der Waals surface area contributed by atoms with Crippen molar-refractivity contribution in [2.45, 2.75) is 0 Å². The number of ketones is 1. The Hall–Kier alpha value is -1.36. The van der Waals surface area contributed by atoms with Crippen LogP contribution >= 0.6 is 15.9 Å². The lowest BCUT2D eigenvalue weighted by Crippen LogP contribution is -1.98. The number of hydrogen-bond acceptors (Lipinski definition) is 3. The highest BCUT2D eigenvalue weighted by molar-refractivity contribution is 9.09. The first-order chi connectivity index (χ1) is 6.70. The number of carbonyl (C=O) groups excluding carboxylic acids is 1. The van der Waals surface area contributed by atoms with Crippen molar-refractivity contribution in [1.29, 1.82) is 0 Å². The molecule has 1 aromatic heterocycles. The molecule has 0 aliphatic rings. The standard InChI is InChI=1S/C9H6BrNO3/c10-4-7(12)5-1-2-6-8(3-5)14-9(13)11-6/h1-3H,4H2,(H,11,13). The maximum Gasteiger partial charge on any atom is 0.417 e. The van der Waals surface area contributed by atoms with Gasteiger partial charge in [-0.25, -0.2) is 4.79 Å². The Bertz CT molecular complexity index is 540. The van der Waals surface area contributed by atoms with Gasteiger partial charge in [-0.1, -0.05) is 15.9 Å². The van der Waals surface area contributed by atoms with E-state index in [1.807, 2.05) is 0 Å². The van der Waals surface area contributed by atoms with E-state index in [4.69, 9.17) is 4.42 Å². The lowest BCUT2D eigenvalue weighted by molar-refractivity contribution is 0.102. The minimum absolute atomic E-state index is 0.0456. The largest absolute Gasteiger partial charge is 0.417 e. The van der Waals surface area contributed by atoms with Gasteiger partial charge in [0.05, 0.1) is 10.8 Å². The van der Waals surface area contributed by atoms with Gasteiger partial charge in [0.2, 0.25) is 0 Å². The van der Waals surface area contributed by atoms with E-state index in [0.29, 0.717) is 16.7 Å². The molecule has 1 N–H and O–H groups in total. The van der Waals surface area contributed by atoms with Gasteiger partial charge in [0.15, 0.2) is 11.4 Å². The molecular formula is C9H6BrNO3. The van der Waals surface area contributed by atoms with Crippen LogP contribution in [0.5, 0.6) is 0 Å². The molecule has 0 atom stereocenters. The Balaban J connectivity index is 2.61. The molecule has 1 aromatic carbocycles. The predicted octanol–water partition coefficient (Wildman–Crippen LogP) is 1.70. The highest BCUT2D eigenvalue weighted by Gasteiger charge is 2.07. The first-order valence-corrected chi connectivity index (χ1v) is 5.05. The number of aromatic nitrogens is 1. The van der Waals surface area contributed by atoms with Crippen molar-refractivity contribution in [2.75, 3.05) is 5.33 Å². The number of hydrogen-bond donors (Lipinski definition) is 1.